The average molecular weight is 412 g/mol. The summed E-state index contributed by atoms with van der Waals surface area (Å²) in [6.45, 7) is 1.80. The molecule has 0 radical (unpaired) electrons. The molecule has 0 spiro atoms. The van der Waals surface area contributed by atoms with E-state index in [0.29, 0.717) is 23.7 Å². The van der Waals surface area contributed by atoms with E-state index in [0.717, 1.165) is 36.4 Å². The lowest BCUT2D eigenvalue weighted by Gasteiger charge is -2.13. The number of nitrogens with one attached hydrogen (secondary N) is 1. The Balaban J connectivity index is 1.49. The minimum Gasteiger partial charge on any atom is -0.489 e. The molecule has 1 N–H and O–H groups in total. The number of H-pyrrole nitrogens is 1. The molecule has 1 fully saturated rings. The van der Waals surface area contributed by atoms with Crippen molar-refractivity contribution in [2.45, 2.75) is 32.1 Å². The van der Waals surface area contributed by atoms with Gasteiger partial charge in [-0.05, 0) is 48.8 Å². The molecule has 0 unspecified atom stereocenters. The van der Waals surface area contributed by atoms with Gasteiger partial charge in [-0.25, -0.2) is 0 Å². The Hall–Kier alpha value is -3.04. The van der Waals surface area contributed by atoms with Crippen LogP contribution in [0, 0.1) is 14.9 Å². The molecule has 150 valence electrons. The highest BCUT2D eigenvalue weighted by Gasteiger charge is 2.19. The number of aromatic nitrogens is 3. The largest absolute Gasteiger partial charge is 0.489 e. The van der Waals surface area contributed by atoms with Gasteiger partial charge in [-0.3, -0.25) is 19.8 Å². The molecule has 3 aromatic rings. The van der Waals surface area contributed by atoms with E-state index in [1.807, 2.05) is 28.8 Å². The zero-order valence-electron chi connectivity index (χ0n) is 15.6. The van der Waals surface area contributed by atoms with Crippen molar-refractivity contribution in [3.05, 3.63) is 69.0 Å². The van der Waals surface area contributed by atoms with Gasteiger partial charge in [0.2, 0.25) is 0 Å². The van der Waals surface area contributed by atoms with Crippen LogP contribution in [0.15, 0.2) is 48.5 Å². The molecule has 2 heterocycles. The highest BCUT2D eigenvalue weighted by Crippen LogP contribution is 2.23. The molecule has 0 bridgehead atoms. The summed E-state index contributed by atoms with van der Waals surface area (Å²) in [5.74, 6) is 1.34. The molecular formula is C20H20N4O4S. The number of rotatable bonds is 7. The van der Waals surface area contributed by atoms with Gasteiger partial charge in [0.15, 0.2) is 10.6 Å². The van der Waals surface area contributed by atoms with E-state index in [1.165, 1.54) is 12.1 Å². The van der Waals surface area contributed by atoms with Gasteiger partial charge in [-0.15, -0.1) is 0 Å². The van der Waals surface area contributed by atoms with Crippen LogP contribution in [0.1, 0.15) is 18.4 Å². The fraction of sp³-hybridized carbons (Fsp3) is 0.300. The molecule has 2 aromatic carbocycles. The quantitative estimate of drug-likeness (QED) is 0.354. The van der Waals surface area contributed by atoms with E-state index in [1.54, 1.807) is 12.1 Å². The fourth-order valence-corrected chi connectivity index (χ4v) is 3.54. The molecule has 1 aromatic heterocycles. The van der Waals surface area contributed by atoms with E-state index in [2.05, 4.69) is 10.2 Å². The molecule has 0 saturated carbocycles. The maximum atomic E-state index is 10.7. The Bertz CT molecular complexity index is 1050. The average Bonchev–Trinajstić information content (AvgIpc) is 3.38. The Labute approximate surface area is 172 Å². The van der Waals surface area contributed by atoms with E-state index in [4.69, 9.17) is 21.7 Å². The number of nitro benzene ring substituents is 1. The monoisotopic (exact) mass is 412 g/mol. The highest BCUT2D eigenvalue weighted by atomic mass is 32.1. The Morgan fingerprint density at radius 1 is 1.31 bits per heavy atom. The normalized spacial score (nSPS) is 16.1. The third-order valence-electron chi connectivity index (χ3n) is 4.81. The smallest absolute Gasteiger partial charge is 0.269 e. The van der Waals surface area contributed by atoms with E-state index < -0.39 is 4.92 Å². The summed E-state index contributed by atoms with van der Waals surface area (Å²) in [6.07, 6.45) is 2.25. The molecule has 1 atom stereocenters. The van der Waals surface area contributed by atoms with Gasteiger partial charge in [-0.1, -0.05) is 18.2 Å². The van der Waals surface area contributed by atoms with Crippen molar-refractivity contribution < 1.29 is 14.4 Å². The van der Waals surface area contributed by atoms with Crippen molar-refractivity contribution in [2.24, 2.45) is 0 Å². The number of non-ortho nitro benzene ring substituents is 1. The van der Waals surface area contributed by atoms with Gasteiger partial charge in [0.05, 0.1) is 17.6 Å². The third-order valence-corrected chi connectivity index (χ3v) is 5.12. The lowest BCUT2D eigenvalue weighted by Crippen LogP contribution is -2.16. The van der Waals surface area contributed by atoms with Gasteiger partial charge >= 0.3 is 0 Å². The van der Waals surface area contributed by atoms with Crippen molar-refractivity contribution in [1.29, 1.82) is 0 Å². The zero-order chi connectivity index (χ0) is 20.2. The minimum absolute atomic E-state index is 0.0356. The molecule has 1 aliphatic rings. The second-order valence-corrected chi connectivity index (χ2v) is 7.22. The summed E-state index contributed by atoms with van der Waals surface area (Å²) in [5.41, 5.74) is 1.92. The predicted octanol–water partition coefficient (Wildman–Crippen LogP) is 4.27. The number of aromatic amines is 1. The first-order valence-corrected chi connectivity index (χ1v) is 9.74. The van der Waals surface area contributed by atoms with Crippen LogP contribution in [-0.2, 0) is 17.9 Å². The number of ether oxygens (including phenoxy) is 2. The van der Waals surface area contributed by atoms with Gasteiger partial charge in [-0.2, -0.15) is 5.10 Å². The molecule has 9 heteroatoms. The standard InChI is InChI=1S/C20H20N4O4S/c25-24(26)16-6-8-17(9-7-16)28-13-14-3-1-4-15(11-14)19-21-22-20(29)23(19)12-18-5-2-10-27-18/h1,3-4,6-9,11,18H,2,5,10,12-13H2,(H,22,29)/t18-/m0/s1. The number of hydrogen-bond donors (Lipinski definition) is 1. The highest BCUT2D eigenvalue weighted by molar-refractivity contribution is 7.71. The lowest BCUT2D eigenvalue weighted by molar-refractivity contribution is -0.384. The maximum absolute atomic E-state index is 10.7. The zero-order valence-corrected chi connectivity index (χ0v) is 16.4. The molecule has 8 nitrogen and oxygen atoms in total. The fourth-order valence-electron chi connectivity index (χ4n) is 3.33. The van der Waals surface area contributed by atoms with E-state index in [-0.39, 0.29) is 11.8 Å². The van der Waals surface area contributed by atoms with Crippen molar-refractivity contribution in [1.82, 2.24) is 14.8 Å². The van der Waals surface area contributed by atoms with Gasteiger partial charge in [0.25, 0.3) is 5.69 Å². The van der Waals surface area contributed by atoms with Gasteiger partial charge in [0, 0.05) is 24.3 Å². The van der Waals surface area contributed by atoms with Crippen LogP contribution in [0.25, 0.3) is 11.4 Å². The summed E-state index contributed by atoms with van der Waals surface area (Å²) in [5, 5.41) is 18.0. The number of hydrogen-bond acceptors (Lipinski definition) is 6. The van der Waals surface area contributed by atoms with Crippen molar-refractivity contribution in [3.63, 3.8) is 0 Å². The van der Waals surface area contributed by atoms with Crippen molar-refractivity contribution in [2.75, 3.05) is 6.61 Å². The summed E-state index contributed by atoms with van der Waals surface area (Å²) < 4.78 is 14.0. The molecule has 1 saturated heterocycles. The third kappa shape index (κ3) is 4.52. The number of nitro groups is 1. The van der Waals surface area contributed by atoms with Crippen LogP contribution in [0.3, 0.4) is 0 Å². The molecule has 0 amide bonds. The van der Waals surface area contributed by atoms with E-state index >= 15 is 0 Å². The van der Waals surface area contributed by atoms with E-state index in [9.17, 15) is 10.1 Å². The summed E-state index contributed by atoms with van der Waals surface area (Å²) in [6, 6.07) is 13.9. The van der Waals surface area contributed by atoms with Gasteiger partial charge in [0.1, 0.15) is 12.4 Å². The van der Waals surface area contributed by atoms with Crippen LogP contribution in [0.4, 0.5) is 5.69 Å². The number of benzene rings is 2. The first-order chi connectivity index (χ1) is 14.1. The Kier molecular flexibility index (Phi) is 5.68. The summed E-state index contributed by atoms with van der Waals surface area (Å²) >= 11 is 5.40. The van der Waals surface area contributed by atoms with Crippen LogP contribution in [0.5, 0.6) is 5.75 Å². The van der Waals surface area contributed by atoms with Crippen LogP contribution < -0.4 is 4.74 Å². The summed E-state index contributed by atoms with van der Waals surface area (Å²) in [7, 11) is 0. The second kappa shape index (κ2) is 8.54. The molecule has 0 aliphatic carbocycles. The molecule has 29 heavy (non-hydrogen) atoms. The van der Waals surface area contributed by atoms with Crippen LogP contribution >= 0.6 is 12.2 Å². The molecule has 4 rings (SSSR count). The minimum atomic E-state index is -0.434. The van der Waals surface area contributed by atoms with Gasteiger partial charge < -0.3 is 9.47 Å². The van der Waals surface area contributed by atoms with Crippen molar-refractivity contribution >= 4 is 17.9 Å². The Morgan fingerprint density at radius 2 is 2.14 bits per heavy atom. The van der Waals surface area contributed by atoms with Crippen molar-refractivity contribution in [3.8, 4) is 17.1 Å². The first-order valence-electron chi connectivity index (χ1n) is 9.33. The first kappa shape index (κ1) is 19.3. The number of nitrogens with zero attached hydrogens (tertiary/aromatic N) is 3. The SMILES string of the molecule is O=[N+]([O-])c1ccc(OCc2cccc(-c3n[nH]c(=S)n3C[C@@H]3CCCO3)c2)cc1. The topological polar surface area (TPSA) is 95.2 Å². The molecule has 1 aliphatic heterocycles. The lowest BCUT2D eigenvalue weighted by atomic mass is 10.1. The van der Waals surface area contributed by atoms with Crippen LogP contribution in [0.2, 0.25) is 0 Å². The summed E-state index contributed by atoms with van der Waals surface area (Å²) in [4.78, 5) is 10.3. The predicted molar refractivity (Wildman–Crippen MR) is 109 cm³/mol. The second-order valence-electron chi connectivity index (χ2n) is 6.84. The maximum Gasteiger partial charge on any atom is 0.269 e. The van der Waals surface area contributed by atoms with Crippen LogP contribution in [-0.4, -0.2) is 32.4 Å². The molecular weight excluding hydrogens is 392 g/mol. The Morgan fingerprint density at radius 3 is 2.86 bits per heavy atom.